The Bertz CT molecular complexity index is 396. The Morgan fingerprint density at radius 1 is 1.30 bits per heavy atom. The maximum atomic E-state index is 12.6. The number of likely N-dealkylation sites (tertiary alicyclic amines) is 1. The normalized spacial score (nSPS) is 23.6. The molecule has 114 valence electrons. The standard InChI is InChI=1S/C13H22N2O5/c1-7(2)10(14-13(19)20-4)11(16)15-8(3)5-6-9(15)12(17)18/h7-10H,5-6H2,1-4H3,(H,14,19)(H,17,18)/t8-,9+,10+/m1/s1. The highest BCUT2D eigenvalue weighted by molar-refractivity contribution is 5.90. The molecule has 0 bridgehead atoms. The van der Waals surface area contributed by atoms with Gasteiger partial charge in [-0.1, -0.05) is 13.8 Å². The molecule has 1 heterocycles. The molecule has 3 atom stereocenters. The molecule has 1 saturated heterocycles. The molecule has 2 amide bonds. The minimum atomic E-state index is -1.01. The van der Waals surface area contributed by atoms with Gasteiger partial charge in [0.2, 0.25) is 5.91 Å². The number of nitrogens with zero attached hydrogens (tertiary/aromatic N) is 1. The van der Waals surface area contributed by atoms with Crippen molar-refractivity contribution < 1.29 is 24.2 Å². The first-order valence-electron chi connectivity index (χ1n) is 6.69. The number of carbonyl (C=O) groups excluding carboxylic acids is 2. The van der Waals surface area contributed by atoms with E-state index >= 15 is 0 Å². The van der Waals surface area contributed by atoms with Crippen LogP contribution in [0.2, 0.25) is 0 Å². The number of rotatable bonds is 4. The van der Waals surface area contributed by atoms with Crippen LogP contribution in [0.4, 0.5) is 4.79 Å². The van der Waals surface area contributed by atoms with Gasteiger partial charge in [-0.2, -0.15) is 0 Å². The largest absolute Gasteiger partial charge is 0.480 e. The summed E-state index contributed by atoms with van der Waals surface area (Å²) in [5.41, 5.74) is 0. The molecule has 0 aromatic rings. The number of ether oxygens (including phenoxy) is 1. The van der Waals surface area contributed by atoms with Crippen molar-refractivity contribution in [2.24, 2.45) is 5.92 Å². The number of methoxy groups -OCH3 is 1. The lowest BCUT2D eigenvalue weighted by molar-refractivity contribution is -0.150. The lowest BCUT2D eigenvalue weighted by Crippen LogP contribution is -2.55. The van der Waals surface area contributed by atoms with E-state index in [1.54, 1.807) is 13.8 Å². The molecule has 7 nitrogen and oxygen atoms in total. The van der Waals surface area contributed by atoms with Gasteiger partial charge in [0, 0.05) is 6.04 Å². The predicted molar refractivity (Wildman–Crippen MR) is 71.1 cm³/mol. The van der Waals surface area contributed by atoms with Crippen LogP contribution >= 0.6 is 0 Å². The van der Waals surface area contributed by atoms with Crippen molar-refractivity contribution in [3.05, 3.63) is 0 Å². The van der Waals surface area contributed by atoms with Gasteiger partial charge in [-0.3, -0.25) is 4.79 Å². The van der Waals surface area contributed by atoms with Crippen LogP contribution in [-0.4, -0.2) is 53.2 Å². The molecular weight excluding hydrogens is 264 g/mol. The Kier molecular flexibility index (Phi) is 5.35. The summed E-state index contributed by atoms with van der Waals surface area (Å²) in [6.07, 6.45) is 0.382. The summed E-state index contributed by atoms with van der Waals surface area (Å²) >= 11 is 0. The van der Waals surface area contributed by atoms with E-state index < -0.39 is 24.1 Å². The summed E-state index contributed by atoms with van der Waals surface area (Å²) in [6, 6.07) is -1.76. The minimum absolute atomic E-state index is 0.149. The summed E-state index contributed by atoms with van der Waals surface area (Å²) in [7, 11) is 1.22. The molecule has 2 N–H and O–H groups in total. The number of aliphatic carboxylic acids is 1. The van der Waals surface area contributed by atoms with Gasteiger partial charge in [-0.15, -0.1) is 0 Å². The van der Waals surface area contributed by atoms with Gasteiger partial charge in [-0.05, 0) is 25.7 Å². The second-order valence-corrected chi connectivity index (χ2v) is 5.38. The van der Waals surface area contributed by atoms with Gasteiger partial charge >= 0.3 is 12.1 Å². The Morgan fingerprint density at radius 2 is 1.90 bits per heavy atom. The molecule has 0 unspecified atom stereocenters. The van der Waals surface area contributed by atoms with E-state index in [1.165, 1.54) is 12.0 Å². The summed E-state index contributed by atoms with van der Waals surface area (Å²) in [4.78, 5) is 36.5. The van der Waals surface area contributed by atoms with Crippen molar-refractivity contribution in [3.8, 4) is 0 Å². The number of carboxylic acids is 1. The third kappa shape index (κ3) is 3.40. The molecule has 1 aliphatic rings. The molecule has 0 radical (unpaired) electrons. The second-order valence-electron chi connectivity index (χ2n) is 5.38. The number of hydrogen-bond acceptors (Lipinski definition) is 4. The molecule has 0 spiro atoms. The van der Waals surface area contributed by atoms with E-state index in [0.29, 0.717) is 12.8 Å². The van der Waals surface area contributed by atoms with Crippen LogP contribution in [0.1, 0.15) is 33.6 Å². The quantitative estimate of drug-likeness (QED) is 0.798. The summed E-state index contributed by atoms with van der Waals surface area (Å²) in [5, 5.41) is 11.7. The van der Waals surface area contributed by atoms with Gasteiger partial charge in [-0.25, -0.2) is 9.59 Å². The Labute approximate surface area is 118 Å². The maximum absolute atomic E-state index is 12.6. The van der Waals surface area contributed by atoms with Crippen LogP contribution in [0, 0.1) is 5.92 Å². The Morgan fingerprint density at radius 3 is 2.35 bits per heavy atom. The maximum Gasteiger partial charge on any atom is 0.407 e. The lowest BCUT2D eigenvalue weighted by atomic mass is 10.0. The fourth-order valence-corrected chi connectivity index (χ4v) is 2.46. The summed E-state index contributed by atoms with van der Waals surface area (Å²) in [5.74, 6) is -1.55. The van der Waals surface area contributed by atoms with Crippen LogP contribution in [-0.2, 0) is 14.3 Å². The third-order valence-electron chi connectivity index (χ3n) is 3.60. The number of amides is 2. The van der Waals surface area contributed by atoms with Gasteiger partial charge in [0.1, 0.15) is 12.1 Å². The zero-order valence-electron chi connectivity index (χ0n) is 12.3. The zero-order chi connectivity index (χ0) is 15.4. The van der Waals surface area contributed by atoms with Crippen LogP contribution in [0.15, 0.2) is 0 Å². The second kappa shape index (κ2) is 6.58. The molecule has 0 aromatic heterocycles. The Hall–Kier alpha value is -1.79. The Balaban J connectivity index is 2.92. The highest BCUT2D eigenvalue weighted by Crippen LogP contribution is 2.26. The average molecular weight is 286 g/mol. The first-order valence-corrected chi connectivity index (χ1v) is 6.69. The summed E-state index contributed by atoms with van der Waals surface area (Å²) in [6.45, 7) is 5.39. The van der Waals surface area contributed by atoms with Crippen molar-refractivity contribution in [1.82, 2.24) is 10.2 Å². The highest BCUT2D eigenvalue weighted by Gasteiger charge is 2.42. The number of carbonyl (C=O) groups is 3. The van der Waals surface area contributed by atoms with E-state index in [9.17, 15) is 19.5 Å². The van der Waals surface area contributed by atoms with Gasteiger partial charge in [0.05, 0.1) is 7.11 Å². The number of hydrogen-bond donors (Lipinski definition) is 2. The fraction of sp³-hybridized carbons (Fsp3) is 0.769. The predicted octanol–water partition coefficient (Wildman–Crippen LogP) is 0.831. The van der Waals surface area contributed by atoms with Crippen LogP contribution in [0.25, 0.3) is 0 Å². The monoisotopic (exact) mass is 286 g/mol. The molecular formula is C13H22N2O5. The van der Waals surface area contributed by atoms with E-state index in [0.717, 1.165) is 0 Å². The van der Waals surface area contributed by atoms with Crippen LogP contribution in [0.5, 0.6) is 0 Å². The number of alkyl carbamates (subject to hydrolysis) is 1. The van der Waals surface area contributed by atoms with Crippen LogP contribution in [0.3, 0.4) is 0 Å². The molecule has 20 heavy (non-hydrogen) atoms. The number of carboxylic acid groups (broad SMARTS) is 1. The molecule has 1 fully saturated rings. The molecule has 0 saturated carbocycles. The fourth-order valence-electron chi connectivity index (χ4n) is 2.46. The molecule has 1 aliphatic heterocycles. The first kappa shape index (κ1) is 16.3. The van der Waals surface area contributed by atoms with Crippen molar-refractivity contribution in [2.75, 3.05) is 7.11 Å². The van der Waals surface area contributed by atoms with E-state index in [-0.39, 0.29) is 17.9 Å². The lowest BCUT2D eigenvalue weighted by Gasteiger charge is -2.31. The first-order chi connectivity index (χ1) is 9.29. The van der Waals surface area contributed by atoms with Gasteiger partial charge in [0.25, 0.3) is 0 Å². The van der Waals surface area contributed by atoms with Crippen molar-refractivity contribution in [3.63, 3.8) is 0 Å². The molecule has 1 rings (SSSR count). The molecule has 0 aromatic carbocycles. The minimum Gasteiger partial charge on any atom is -0.480 e. The smallest absolute Gasteiger partial charge is 0.407 e. The van der Waals surface area contributed by atoms with Gasteiger partial charge < -0.3 is 20.1 Å². The highest BCUT2D eigenvalue weighted by atomic mass is 16.5. The van der Waals surface area contributed by atoms with Crippen molar-refractivity contribution >= 4 is 18.0 Å². The molecule has 0 aliphatic carbocycles. The third-order valence-corrected chi connectivity index (χ3v) is 3.60. The van der Waals surface area contributed by atoms with E-state index in [2.05, 4.69) is 10.1 Å². The van der Waals surface area contributed by atoms with E-state index in [1.807, 2.05) is 6.92 Å². The topological polar surface area (TPSA) is 95.9 Å². The molecule has 7 heteroatoms. The van der Waals surface area contributed by atoms with E-state index in [4.69, 9.17) is 0 Å². The van der Waals surface area contributed by atoms with Crippen LogP contribution < -0.4 is 5.32 Å². The average Bonchev–Trinajstić information content (AvgIpc) is 2.76. The summed E-state index contributed by atoms with van der Waals surface area (Å²) < 4.78 is 4.51. The van der Waals surface area contributed by atoms with Crippen molar-refractivity contribution in [1.29, 1.82) is 0 Å². The van der Waals surface area contributed by atoms with Gasteiger partial charge in [0.15, 0.2) is 0 Å². The zero-order valence-corrected chi connectivity index (χ0v) is 12.3. The number of nitrogens with one attached hydrogen (secondary N) is 1. The SMILES string of the molecule is COC(=O)N[C@H](C(=O)N1[C@H](C)CC[C@H]1C(=O)O)C(C)C. The van der Waals surface area contributed by atoms with Crippen molar-refractivity contribution in [2.45, 2.75) is 51.7 Å².